The molecule has 2 aliphatic rings. The molecule has 0 radical (unpaired) electrons. The average molecular weight is 254 g/mol. The molecule has 1 amide bonds. The van der Waals surface area contributed by atoms with Crippen molar-refractivity contribution in [3.05, 3.63) is 0 Å². The topological polar surface area (TPSA) is 55.1 Å². The molecule has 2 aliphatic carbocycles. The van der Waals surface area contributed by atoms with E-state index in [-0.39, 0.29) is 5.91 Å². The summed E-state index contributed by atoms with van der Waals surface area (Å²) in [5, 5.41) is 3.04. The van der Waals surface area contributed by atoms with Crippen LogP contribution in [0, 0.1) is 23.2 Å². The lowest BCUT2D eigenvalue weighted by Crippen LogP contribution is -2.56. The molecule has 2 fully saturated rings. The van der Waals surface area contributed by atoms with Gasteiger partial charge in [0.1, 0.15) is 0 Å². The number of carbonyl (C=O) groups is 1. The van der Waals surface area contributed by atoms with Gasteiger partial charge in [-0.3, -0.25) is 4.79 Å². The third kappa shape index (κ3) is 2.46. The van der Waals surface area contributed by atoms with Gasteiger partial charge in [0.25, 0.3) is 0 Å². The van der Waals surface area contributed by atoms with Crippen molar-refractivity contribution in [2.45, 2.75) is 39.5 Å². The SMILES string of the molecule is CC1CC(C(=O)NCC(C)C2CC2)(C(N)=S)C1. The van der Waals surface area contributed by atoms with Crippen molar-refractivity contribution < 1.29 is 4.79 Å². The molecular weight excluding hydrogens is 232 g/mol. The second-order valence-corrected chi connectivity index (χ2v) is 6.42. The lowest BCUT2D eigenvalue weighted by Gasteiger charge is -2.44. The fourth-order valence-corrected chi connectivity index (χ4v) is 3.14. The number of rotatable bonds is 5. The third-order valence-corrected chi connectivity index (χ3v) is 4.70. The Bertz CT molecular complexity index is 332. The summed E-state index contributed by atoms with van der Waals surface area (Å²) in [6, 6.07) is 0. The summed E-state index contributed by atoms with van der Waals surface area (Å²) in [6.07, 6.45) is 4.25. The Balaban J connectivity index is 1.87. The van der Waals surface area contributed by atoms with E-state index in [2.05, 4.69) is 19.2 Å². The maximum Gasteiger partial charge on any atom is 0.233 e. The van der Waals surface area contributed by atoms with Crippen LogP contribution in [0.3, 0.4) is 0 Å². The molecule has 3 N–H and O–H groups in total. The van der Waals surface area contributed by atoms with Gasteiger partial charge in [-0.25, -0.2) is 0 Å². The van der Waals surface area contributed by atoms with E-state index in [0.29, 0.717) is 16.8 Å². The molecule has 0 aromatic heterocycles. The Labute approximate surface area is 109 Å². The molecule has 2 rings (SSSR count). The summed E-state index contributed by atoms with van der Waals surface area (Å²) >= 11 is 5.07. The number of hydrogen-bond acceptors (Lipinski definition) is 2. The van der Waals surface area contributed by atoms with E-state index in [1.54, 1.807) is 0 Å². The van der Waals surface area contributed by atoms with E-state index in [9.17, 15) is 4.79 Å². The number of carbonyl (C=O) groups excluding carboxylic acids is 1. The molecule has 3 nitrogen and oxygen atoms in total. The zero-order valence-corrected chi connectivity index (χ0v) is 11.5. The number of amides is 1. The molecular formula is C13H22N2OS. The summed E-state index contributed by atoms with van der Waals surface area (Å²) in [5.41, 5.74) is 5.20. The minimum Gasteiger partial charge on any atom is -0.392 e. The minimum absolute atomic E-state index is 0.0515. The average Bonchev–Trinajstić information content (AvgIpc) is 3.03. The number of nitrogens with one attached hydrogen (secondary N) is 1. The zero-order valence-electron chi connectivity index (χ0n) is 10.7. The van der Waals surface area contributed by atoms with Crippen LogP contribution in [0.25, 0.3) is 0 Å². The molecule has 2 saturated carbocycles. The molecule has 0 aromatic carbocycles. The molecule has 1 atom stereocenters. The van der Waals surface area contributed by atoms with E-state index >= 15 is 0 Å². The van der Waals surface area contributed by atoms with Crippen LogP contribution in [0.2, 0.25) is 0 Å². The van der Waals surface area contributed by atoms with E-state index in [1.165, 1.54) is 12.8 Å². The van der Waals surface area contributed by atoms with Crippen LogP contribution < -0.4 is 11.1 Å². The molecule has 17 heavy (non-hydrogen) atoms. The van der Waals surface area contributed by atoms with Crippen molar-refractivity contribution in [3.63, 3.8) is 0 Å². The number of hydrogen-bond donors (Lipinski definition) is 2. The Morgan fingerprint density at radius 1 is 1.53 bits per heavy atom. The van der Waals surface area contributed by atoms with Gasteiger partial charge in [0.05, 0.1) is 10.4 Å². The monoisotopic (exact) mass is 254 g/mol. The lowest BCUT2D eigenvalue weighted by molar-refractivity contribution is -0.133. The van der Waals surface area contributed by atoms with Crippen molar-refractivity contribution in [1.29, 1.82) is 0 Å². The van der Waals surface area contributed by atoms with Gasteiger partial charge in [-0.2, -0.15) is 0 Å². The van der Waals surface area contributed by atoms with Gasteiger partial charge in [0.15, 0.2) is 0 Å². The molecule has 0 aliphatic heterocycles. The quantitative estimate of drug-likeness (QED) is 0.736. The fraction of sp³-hybridized carbons (Fsp3) is 0.846. The molecule has 0 saturated heterocycles. The van der Waals surface area contributed by atoms with Crippen molar-refractivity contribution >= 4 is 23.1 Å². The fourth-order valence-electron chi connectivity index (χ4n) is 2.88. The van der Waals surface area contributed by atoms with Crippen LogP contribution in [0.1, 0.15) is 39.5 Å². The van der Waals surface area contributed by atoms with Gasteiger partial charge in [0, 0.05) is 6.54 Å². The molecule has 0 heterocycles. The van der Waals surface area contributed by atoms with Gasteiger partial charge in [-0.05, 0) is 43.4 Å². The smallest absolute Gasteiger partial charge is 0.233 e. The molecule has 96 valence electrons. The highest BCUT2D eigenvalue weighted by Crippen LogP contribution is 2.46. The van der Waals surface area contributed by atoms with Crippen molar-refractivity contribution in [2.75, 3.05) is 6.54 Å². The van der Waals surface area contributed by atoms with Crippen LogP contribution in [-0.2, 0) is 4.79 Å². The predicted octanol–water partition coefficient (Wildman–Crippen LogP) is 1.85. The van der Waals surface area contributed by atoms with Gasteiger partial charge >= 0.3 is 0 Å². The van der Waals surface area contributed by atoms with Gasteiger partial charge < -0.3 is 11.1 Å². The Hall–Kier alpha value is -0.640. The van der Waals surface area contributed by atoms with Crippen LogP contribution >= 0.6 is 12.2 Å². The molecule has 1 unspecified atom stereocenters. The first-order valence-corrected chi connectivity index (χ1v) is 6.95. The van der Waals surface area contributed by atoms with E-state index in [4.69, 9.17) is 18.0 Å². The summed E-state index contributed by atoms with van der Waals surface area (Å²) in [4.78, 5) is 12.6. The second-order valence-electron chi connectivity index (χ2n) is 5.98. The summed E-state index contributed by atoms with van der Waals surface area (Å²) in [7, 11) is 0. The van der Waals surface area contributed by atoms with Crippen LogP contribution in [0.15, 0.2) is 0 Å². The first-order chi connectivity index (χ1) is 7.95. The highest BCUT2D eigenvalue weighted by molar-refractivity contribution is 7.80. The molecule has 4 heteroatoms. The highest BCUT2D eigenvalue weighted by Gasteiger charge is 2.50. The summed E-state index contributed by atoms with van der Waals surface area (Å²) in [6.45, 7) is 5.10. The van der Waals surface area contributed by atoms with Gasteiger partial charge in [0.2, 0.25) is 5.91 Å². The maximum atomic E-state index is 12.2. The Morgan fingerprint density at radius 2 is 2.12 bits per heavy atom. The summed E-state index contributed by atoms with van der Waals surface area (Å²) < 4.78 is 0. The molecule has 0 spiro atoms. The van der Waals surface area contributed by atoms with Crippen LogP contribution in [0.5, 0.6) is 0 Å². The first kappa shape index (κ1) is 12.8. The largest absolute Gasteiger partial charge is 0.392 e. The maximum absolute atomic E-state index is 12.2. The normalized spacial score (nSPS) is 33.6. The summed E-state index contributed by atoms with van der Waals surface area (Å²) in [5.74, 6) is 2.01. The lowest BCUT2D eigenvalue weighted by atomic mass is 9.62. The van der Waals surface area contributed by atoms with Crippen molar-refractivity contribution in [3.8, 4) is 0 Å². The van der Waals surface area contributed by atoms with Crippen molar-refractivity contribution in [2.24, 2.45) is 28.9 Å². The third-order valence-electron chi connectivity index (χ3n) is 4.31. The predicted molar refractivity (Wildman–Crippen MR) is 72.5 cm³/mol. The standard InChI is InChI=1S/C13H22N2OS/c1-8-5-13(6-8,11(14)17)12(16)15-7-9(2)10-3-4-10/h8-10H,3-7H2,1-2H3,(H2,14,17)(H,15,16). The van der Waals surface area contributed by atoms with E-state index in [0.717, 1.165) is 25.3 Å². The second kappa shape index (κ2) is 4.56. The zero-order chi connectivity index (χ0) is 12.6. The Morgan fingerprint density at radius 3 is 2.53 bits per heavy atom. The minimum atomic E-state index is -0.544. The van der Waals surface area contributed by atoms with Crippen LogP contribution in [0.4, 0.5) is 0 Å². The number of nitrogens with two attached hydrogens (primary N) is 1. The first-order valence-electron chi connectivity index (χ1n) is 6.54. The van der Waals surface area contributed by atoms with E-state index < -0.39 is 5.41 Å². The number of thiocarbonyl (C=S) groups is 1. The van der Waals surface area contributed by atoms with Crippen molar-refractivity contribution in [1.82, 2.24) is 5.32 Å². The van der Waals surface area contributed by atoms with Gasteiger partial charge in [-0.15, -0.1) is 0 Å². The Kier molecular flexibility index (Phi) is 3.43. The van der Waals surface area contributed by atoms with Crippen LogP contribution in [-0.4, -0.2) is 17.4 Å². The molecule has 0 bridgehead atoms. The molecule has 0 aromatic rings. The highest BCUT2D eigenvalue weighted by atomic mass is 32.1. The van der Waals surface area contributed by atoms with Gasteiger partial charge in [-0.1, -0.05) is 26.1 Å². The van der Waals surface area contributed by atoms with E-state index in [1.807, 2.05) is 0 Å².